The fraction of sp³-hybridized carbons (Fsp3) is 0.625. The van der Waals surface area contributed by atoms with Gasteiger partial charge in [-0.2, -0.15) is 0 Å². The summed E-state index contributed by atoms with van der Waals surface area (Å²) in [4.78, 5) is 0. The topological polar surface area (TPSA) is 21.3 Å². The maximum atomic E-state index is 5.82. The highest BCUT2D eigenvalue weighted by Crippen LogP contribution is 2.19. The van der Waals surface area contributed by atoms with Gasteiger partial charge in [0.15, 0.2) is 0 Å². The van der Waals surface area contributed by atoms with Gasteiger partial charge in [-0.25, -0.2) is 0 Å². The minimum atomic E-state index is 0.701. The Balaban J connectivity index is 2.34. The van der Waals surface area contributed by atoms with Crippen LogP contribution in [0, 0.1) is 11.8 Å². The van der Waals surface area contributed by atoms with E-state index >= 15 is 0 Å². The minimum Gasteiger partial charge on any atom is -0.494 e. The van der Waals surface area contributed by atoms with Crippen molar-refractivity contribution in [2.24, 2.45) is 11.8 Å². The van der Waals surface area contributed by atoms with E-state index < -0.39 is 0 Å². The van der Waals surface area contributed by atoms with E-state index in [9.17, 15) is 0 Å². The van der Waals surface area contributed by atoms with Crippen molar-refractivity contribution in [3.8, 4) is 5.75 Å². The first-order valence-corrected chi connectivity index (χ1v) is 8.00. The maximum Gasteiger partial charge on any atom is 0.120 e. The standard InChI is InChI=1S/C16H26BrNO/c1-4-18-12-14(10-13(2)3)8-9-19-16-7-5-6-15(17)11-16/h5-7,11,13-14,18H,4,8-10,12H2,1-3H3. The van der Waals surface area contributed by atoms with E-state index in [0.29, 0.717) is 5.92 Å². The molecule has 1 atom stereocenters. The summed E-state index contributed by atoms with van der Waals surface area (Å²) in [5, 5.41) is 3.45. The Hall–Kier alpha value is -0.540. The van der Waals surface area contributed by atoms with Gasteiger partial charge in [0.05, 0.1) is 6.61 Å². The van der Waals surface area contributed by atoms with E-state index in [0.717, 1.165) is 42.3 Å². The van der Waals surface area contributed by atoms with Crippen molar-refractivity contribution in [3.05, 3.63) is 28.7 Å². The van der Waals surface area contributed by atoms with Crippen molar-refractivity contribution in [1.82, 2.24) is 5.32 Å². The monoisotopic (exact) mass is 327 g/mol. The van der Waals surface area contributed by atoms with Crippen LogP contribution in [0.4, 0.5) is 0 Å². The van der Waals surface area contributed by atoms with Crippen LogP contribution in [0.5, 0.6) is 5.75 Å². The number of hydrogen-bond donors (Lipinski definition) is 1. The highest BCUT2D eigenvalue weighted by molar-refractivity contribution is 9.10. The van der Waals surface area contributed by atoms with Crippen molar-refractivity contribution in [2.45, 2.75) is 33.6 Å². The SMILES string of the molecule is CCNCC(CCOc1cccc(Br)c1)CC(C)C. The predicted molar refractivity (Wildman–Crippen MR) is 85.7 cm³/mol. The molecule has 0 aliphatic rings. The van der Waals surface area contributed by atoms with Gasteiger partial charge in [0.2, 0.25) is 0 Å². The number of nitrogens with one attached hydrogen (secondary N) is 1. The van der Waals surface area contributed by atoms with Crippen molar-refractivity contribution >= 4 is 15.9 Å². The molecule has 2 nitrogen and oxygen atoms in total. The Kier molecular flexibility index (Phi) is 8.15. The van der Waals surface area contributed by atoms with Gasteiger partial charge in [-0.3, -0.25) is 0 Å². The summed E-state index contributed by atoms with van der Waals surface area (Å²) in [5.41, 5.74) is 0. The highest BCUT2D eigenvalue weighted by atomic mass is 79.9. The van der Waals surface area contributed by atoms with E-state index in [1.165, 1.54) is 6.42 Å². The smallest absolute Gasteiger partial charge is 0.120 e. The van der Waals surface area contributed by atoms with Gasteiger partial charge >= 0.3 is 0 Å². The van der Waals surface area contributed by atoms with Crippen LogP contribution in [-0.2, 0) is 0 Å². The molecular formula is C16H26BrNO. The molecule has 0 fully saturated rings. The van der Waals surface area contributed by atoms with E-state index in [1.807, 2.05) is 24.3 Å². The first kappa shape index (κ1) is 16.5. The third kappa shape index (κ3) is 7.58. The second-order valence-electron chi connectivity index (χ2n) is 5.40. The second kappa shape index (κ2) is 9.38. The van der Waals surface area contributed by atoms with Crippen LogP contribution in [0.25, 0.3) is 0 Å². The summed E-state index contributed by atoms with van der Waals surface area (Å²) in [5.74, 6) is 2.39. The zero-order chi connectivity index (χ0) is 14.1. The minimum absolute atomic E-state index is 0.701. The molecule has 0 aliphatic carbocycles. The Bertz CT molecular complexity index is 354. The Morgan fingerprint density at radius 3 is 2.74 bits per heavy atom. The normalized spacial score (nSPS) is 12.7. The lowest BCUT2D eigenvalue weighted by atomic mass is 9.94. The van der Waals surface area contributed by atoms with Gasteiger partial charge in [-0.1, -0.05) is 42.8 Å². The third-order valence-electron chi connectivity index (χ3n) is 3.08. The van der Waals surface area contributed by atoms with Crippen LogP contribution >= 0.6 is 15.9 Å². The van der Waals surface area contributed by atoms with Crippen molar-refractivity contribution in [1.29, 1.82) is 0 Å². The van der Waals surface area contributed by atoms with Crippen molar-refractivity contribution in [3.63, 3.8) is 0 Å². The summed E-state index contributed by atoms with van der Waals surface area (Å²) < 4.78 is 6.89. The number of ether oxygens (including phenoxy) is 1. The van der Waals surface area contributed by atoms with Gasteiger partial charge in [0.1, 0.15) is 5.75 Å². The molecule has 1 N–H and O–H groups in total. The molecule has 0 radical (unpaired) electrons. The molecule has 1 unspecified atom stereocenters. The predicted octanol–water partition coefficient (Wildman–Crippen LogP) is 4.49. The average Bonchev–Trinajstić information content (AvgIpc) is 2.35. The van der Waals surface area contributed by atoms with Gasteiger partial charge < -0.3 is 10.1 Å². The zero-order valence-electron chi connectivity index (χ0n) is 12.3. The highest BCUT2D eigenvalue weighted by Gasteiger charge is 2.10. The molecule has 0 amide bonds. The zero-order valence-corrected chi connectivity index (χ0v) is 13.9. The molecule has 0 bridgehead atoms. The van der Waals surface area contributed by atoms with Crippen molar-refractivity contribution in [2.75, 3.05) is 19.7 Å². The fourth-order valence-electron chi connectivity index (χ4n) is 2.22. The molecule has 0 heterocycles. The Morgan fingerprint density at radius 1 is 1.32 bits per heavy atom. The molecule has 19 heavy (non-hydrogen) atoms. The van der Waals surface area contributed by atoms with E-state index in [4.69, 9.17) is 4.74 Å². The molecular weight excluding hydrogens is 302 g/mol. The molecule has 0 saturated carbocycles. The molecule has 0 aliphatic heterocycles. The Labute approximate surface area is 126 Å². The molecule has 0 spiro atoms. The average molecular weight is 328 g/mol. The molecule has 3 heteroatoms. The maximum absolute atomic E-state index is 5.82. The van der Waals surface area contributed by atoms with Crippen LogP contribution in [0.1, 0.15) is 33.6 Å². The lowest BCUT2D eigenvalue weighted by molar-refractivity contribution is 0.257. The summed E-state index contributed by atoms with van der Waals surface area (Å²) in [7, 11) is 0. The lowest BCUT2D eigenvalue weighted by Gasteiger charge is -2.19. The molecule has 108 valence electrons. The number of benzene rings is 1. The van der Waals surface area contributed by atoms with Crippen LogP contribution in [-0.4, -0.2) is 19.7 Å². The molecule has 1 aromatic rings. The fourth-order valence-corrected chi connectivity index (χ4v) is 2.60. The van der Waals surface area contributed by atoms with Crippen LogP contribution in [0.2, 0.25) is 0 Å². The molecule has 0 saturated heterocycles. The first-order valence-electron chi connectivity index (χ1n) is 7.21. The first-order chi connectivity index (χ1) is 9.11. The molecule has 1 aromatic carbocycles. The second-order valence-corrected chi connectivity index (χ2v) is 6.31. The lowest BCUT2D eigenvalue weighted by Crippen LogP contribution is -2.25. The Morgan fingerprint density at radius 2 is 2.11 bits per heavy atom. The van der Waals surface area contributed by atoms with Gasteiger partial charge in [-0.05, 0) is 56.0 Å². The summed E-state index contributed by atoms with van der Waals surface area (Å²) in [6.07, 6.45) is 2.37. The number of rotatable bonds is 9. The van der Waals surface area contributed by atoms with Crippen molar-refractivity contribution < 1.29 is 4.74 Å². The quantitative estimate of drug-likeness (QED) is 0.721. The molecule has 0 aromatic heterocycles. The van der Waals surface area contributed by atoms with Gasteiger partial charge in [0, 0.05) is 4.47 Å². The summed E-state index contributed by atoms with van der Waals surface area (Å²) >= 11 is 3.46. The molecule has 1 rings (SSSR count). The summed E-state index contributed by atoms with van der Waals surface area (Å²) in [6.45, 7) is 9.66. The van der Waals surface area contributed by atoms with Gasteiger partial charge in [0.25, 0.3) is 0 Å². The van der Waals surface area contributed by atoms with E-state index in [2.05, 4.69) is 42.0 Å². The van der Waals surface area contributed by atoms with E-state index in [-0.39, 0.29) is 0 Å². The number of hydrogen-bond acceptors (Lipinski definition) is 2. The van der Waals surface area contributed by atoms with Crippen LogP contribution < -0.4 is 10.1 Å². The van der Waals surface area contributed by atoms with Crippen LogP contribution in [0.3, 0.4) is 0 Å². The third-order valence-corrected chi connectivity index (χ3v) is 3.57. The summed E-state index contributed by atoms with van der Waals surface area (Å²) in [6, 6.07) is 8.04. The largest absolute Gasteiger partial charge is 0.494 e. The number of halogens is 1. The van der Waals surface area contributed by atoms with E-state index in [1.54, 1.807) is 0 Å². The van der Waals surface area contributed by atoms with Gasteiger partial charge in [-0.15, -0.1) is 0 Å². The van der Waals surface area contributed by atoms with Crippen LogP contribution in [0.15, 0.2) is 28.7 Å².